The highest BCUT2D eigenvalue weighted by molar-refractivity contribution is 7.99. The number of hydrogen-bond acceptors (Lipinski definition) is 3. The Balaban J connectivity index is 2.27. The fourth-order valence-corrected chi connectivity index (χ4v) is 3.12. The number of nitrogens with zero attached hydrogens (tertiary/aromatic N) is 1. The molecule has 0 unspecified atom stereocenters. The van der Waals surface area contributed by atoms with Gasteiger partial charge in [0.25, 0.3) is 0 Å². The topological polar surface area (TPSA) is 49.4 Å². The van der Waals surface area contributed by atoms with Crippen molar-refractivity contribution in [1.29, 1.82) is 0 Å². The summed E-state index contributed by atoms with van der Waals surface area (Å²) in [4.78, 5) is 24.6. The van der Waals surface area contributed by atoms with Crippen LogP contribution >= 0.6 is 11.8 Å². The van der Waals surface area contributed by atoms with Gasteiger partial charge in [-0.1, -0.05) is 6.58 Å². The van der Waals surface area contributed by atoms with Crippen LogP contribution in [-0.2, 0) is 9.59 Å². The molecule has 1 fully saturated rings. The van der Waals surface area contributed by atoms with Gasteiger partial charge in [-0.2, -0.15) is 11.8 Å². The lowest BCUT2D eigenvalue weighted by atomic mass is 10.0. The quantitative estimate of drug-likeness (QED) is 0.740. The Morgan fingerprint density at radius 3 is 2.67 bits per heavy atom. The fourth-order valence-electron chi connectivity index (χ4n) is 1.91. The summed E-state index contributed by atoms with van der Waals surface area (Å²) < 4.78 is 0. The molecule has 1 heterocycles. The van der Waals surface area contributed by atoms with Crippen molar-refractivity contribution >= 4 is 23.6 Å². The van der Waals surface area contributed by atoms with Crippen molar-refractivity contribution in [2.45, 2.75) is 19.8 Å². The van der Waals surface area contributed by atoms with Crippen LogP contribution in [-0.4, -0.2) is 47.9 Å². The van der Waals surface area contributed by atoms with Crippen LogP contribution in [0.25, 0.3) is 0 Å². The van der Waals surface area contributed by atoms with Crippen molar-refractivity contribution < 1.29 is 9.59 Å². The number of hydrogen-bond donors (Lipinski definition) is 1. The van der Waals surface area contributed by atoms with Gasteiger partial charge in [-0.3, -0.25) is 9.59 Å². The van der Waals surface area contributed by atoms with E-state index in [1.165, 1.54) is 35.3 Å². The SMILES string of the molecule is C=CC(=O)N(CC)CC(=O)NCC1CCSCC1. The van der Waals surface area contributed by atoms with E-state index < -0.39 is 0 Å². The predicted octanol–water partition coefficient (Wildman–Crippen LogP) is 1.28. The van der Waals surface area contributed by atoms with Crippen molar-refractivity contribution in [3.05, 3.63) is 12.7 Å². The first-order valence-electron chi connectivity index (χ1n) is 6.43. The minimum atomic E-state index is -0.193. The Hall–Kier alpha value is -0.970. The number of amides is 2. The van der Waals surface area contributed by atoms with Crippen LogP contribution in [0.4, 0.5) is 0 Å². The van der Waals surface area contributed by atoms with Gasteiger partial charge in [0.2, 0.25) is 11.8 Å². The summed E-state index contributed by atoms with van der Waals surface area (Å²) in [7, 11) is 0. The van der Waals surface area contributed by atoms with E-state index in [0.717, 1.165) is 6.54 Å². The zero-order chi connectivity index (χ0) is 13.4. The van der Waals surface area contributed by atoms with Crippen molar-refractivity contribution in [3.8, 4) is 0 Å². The maximum Gasteiger partial charge on any atom is 0.246 e. The van der Waals surface area contributed by atoms with Crippen LogP contribution in [0, 0.1) is 5.92 Å². The van der Waals surface area contributed by atoms with Gasteiger partial charge in [0.15, 0.2) is 0 Å². The van der Waals surface area contributed by atoms with Crippen LogP contribution in [0.1, 0.15) is 19.8 Å². The summed E-state index contributed by atoms with van der Waals surface area (Å²) in [6.07, 6.45) is 3.59. The van der Waals surface area contributed by atoms with Crippen LogP contribution < -0.4 is 5.32 Å². The molecule has 102 valence electrons. The lowest BCUT2D eigenvalue weighted by Crippen LogP contribution is -2.41. The molecule has 0 radical (unpaired) electrons. The average molecular weight is 270 g/mol. The first kappa shape index (κ1) is 15.1. The van der Waals surface area contributed by atoms with Crippen molar-refractivity contribution in [1.82, 2.24) is 10.2 Å². The molecule has 4 nitrogen and oxygen atoms in total. The van der Waals surface area contributed by atoms with Gasteiger partial charge in [-0.05, 0) is 43.3 Å². The molecule has 18 heavy (non-hydrogen) atoms. The Morgan fingerprint density at radius 1 is 1.44 bits per heavy atom. The summed E-state index contributed by atoms with van der Waals surface area (Å²) in [6, 6.07) is 0. The molecule has 0 aromatic heterocycles. The van der Waals surface area contributed by atoms with E-state index in [2.05, 4.69) is 11.9 Å². The molecular weight excluding hydrogens is 248 g/mol. The molecule has 1 N–H and O–H groups in total. The monoisotopic (exact) mass is 270 g/mol. The van der Waals surface area contributed by atoms with E-state index in [-0.39, 0.29) is 18.4 Å². The number of rotatable bonds is 6. The molecule has 0 spiro atoms. The normalized spacial score (nSPS) is 16.1. The van der Waals surface area contributed by atoms with Gasteiger partial charge in [0.1, 0.15) is 0 Å². The van der Waals surface area contributed by atoms with E-state index in [4.69, 9.17) is 0 Å². The zero-order valence-corrected chi connectivity index (χ0v) is 11.8. The number of thioether (sulfide) groups is 1. The standard InChI is InChI=1S/C13H22N2O2S/c1-3-13(17)15(4-2)10-12(16)14-9-11-5-7-18-8-6-11/h3,11H,1,4-10H2,2H3,(H,14,16). The summed E-state index contributed by atoms with van der Waals surface area (Å²) in [5, 5.41) is 2.92. The van der Waals surface area contributed by atoms with E-state index in [0.29, 0.717) is 12.5 Å². The Morgan fingerprint density at radius 2 is 2.11 bits per heavy atom. The highest BCUT2D eigenvalue weighted by Crippen LogP contribution is 2.21. The number of nitrogens with one attached hydrogen (secondary N) is 1. The molecule has 2 amide bonds. The van der Waals surface area contributed by atoms with Gasteiger partial charge in [-0.25, -0.2) is 0 Å². The first-order valence-corrected chi connectivity index (χ1v) is 7.58. The van der Waals surface area contributed by atoms with Gasteiger partial charge >= 0.3 is 0 Å². The minimum Gasteiger partial charge on any atom is -0.354 e. The van der Waals surface area contributed by atoms with Crippen molar-refractivity contribution in [2.75, 3.05) is 31.1 Å². The first-order chi connectivity index (χ1) is 8.67. The molecule has 0 atom stereocenters. The van der Waals surface area contributed by atoms with Gasteiger partial charge in [0.05, 0.1) is 6.54 Å². The van der Waals surface area contributed by atoms with Gasteiger partial charge in [-0.15, -0.1) is 0 Å². The molecule has 0 bridgehead atoms. The molecular formula is C13H22N2O2S. The van der Waals surface area contributed by atoms with E-state index in [1.54, 1.807) is 0 Å². The number of carbonyl (C=O) groups excluding carboxylic acids is 2. The third-order valence-electron chi connectivity index (χ3n) is 3.13. The molecule has 1 rings (SSSR count). The molecule has 0 aliphatic carbocycles. The summed E-state index contributed by atoms with van der Waals surface area (Å²) >= 11 is 1.98. The average Bonchev–Trinajstić information content (AvgIpc) is 2.42. The Labute approximate surface area is 113 Å². The van der Waals surface area contributed by atoms with E-state index in [9.17, 15) is 9.59 Å². The zero-order valence-electron chi connectivity index (χ0n) is 11.0. The number of likely N-dealkylation sites (N-methyl/N-ethyl adjacent to an activating group) is 1. The third-order valence-corrected chi connectivity index (χ3v) is 4.18. The Bertz CT molecular complexity index is 301. The summed E-state index contributed by atoms with van der Waals surface area (Å²) in [5.41, 5.74) is 0. The van der Waals surface area contributed by atoms with E-state index in [1.807, 2.05) is 18.7 Å². The fraction of sp³-hybridized carbons (Fsp3) is 0.692. The number of carbonyl (C=O) groups is 2. The predicted molar refractivity (Wildman–Crippen MR) is 75.5 cm³/mol. The maximum atomic E-state index is 11.7. The second-order valence-electron chi connectivity index (χ2n) is 4.42. The molecule has 1 saturated heterocycles. The maximum absolute atomic E-state index is 11.7. The van der Waals surface area contributed by atoms with Crippen LogP contribution in [0.3, 0.4) is 0 Å². The lowest BCUT2D eigenvalue weighted by molar-refractivity contribution is -0.132. The largest absolute Gasteiger partial charge is 0.354 e. The van der Waals surface area contributed by atoms with Crippen molar-refractivity contribution in [2.24, 2.45) is 5.92 Å². The Kier molecular flexibility index (Phi) is 6.86. The molecule has 0 aromatic carbocycles. The molecule has 5 heteroatoms. The lowest BCUT2D eigenvalue weighted by Gasteiger charge is -2.23. The van der Waals surface area contributed by atoms with Gasteiger partial charge in [0, 0.05) is 13.1 Å². The second-order valence-corrected chi connectivity index (χ2v) is 5.64. The minimum absolute atomic E-state index is 0.0784. The van der Waals surface area contributed by atoms with Crippen LogP contribution in [0.2, 0.25) is 0 Å². The molecule has 1 aliphatic rings. The molecule has 0 aromatic rings. The summed E-state index contributed by atoms with van der Waals surface area (Å²) in [6.45, 7) is 6.67. The van der Waals surface area contributed by atoms with E-state index >= 15 is 0 Å². The molecule has 1 aliphatic heterocycles. The second kappa shape index (κ2) is 8.19. The van der Waals surface area contributed by atoms with Crippen molar-refractivity contribution in [3.63, 3.8) is 0 Å². The third kappa shape index (κ3) is 5.12. The van der Waals surface area contributed by atoms with Gasteiger partial charge < -0.3 is 10.2 Å². The van der Waals surface area contributed by atoms with Crippen LogP contribution in [0.15, 0.2) is 12.7 Å². The van der Waals surface area contributed by atoms with Crippen LogP contribution in [0.5, 0.6) is 0 Å². The summed E-state index contributed by atoms with van der Waals surface area (Å²) in [5.74, 6) is 2.71. The highest BCUT2D eigenvalue weighted by atomic mass is 32.2. The highest BCUT2D eigenvalue weighted by Gasteiger charge is 2.16. The smallest absolute Gasteiger partial charge is 0.246 e. The molecule has 0 saturated carbocycles.